The number of carboxylic acid groups (broad SMARTS) is 1. The maximum atomic E-state index is 11.8. The van der Waals surface area contributed by atoms with E-state index >= 15 is 0 Å². The Bertz CT molecular complexity index is 494. The molecule has 1 heterocycles. The Balaban J connectivity index is 2.01. The van der Waals surface area contributed by atoms with Crippen molar-refractivity contribution in [3.05, 3.63) is 17.7 Å². The van der Waals surface area contributed by atoms with E-state index in [0.29, 0.717) is 12.4 Å². The molecule has 1 fully saturated rings. The first-order valence-electron chi connectivity index (χ1n) is 6.75. The topological polar surface area (TPSA) is 104 Å². The van der Waals surface area contributed by atoms with Crippen LogP contribution in [0.2, 0.25) is 0 Å². The zero-order valence-corrected chi connectivity index (χ0v) is 11.4. The number of aromatic nitrogens is 2. The molecule has 2 rings (SSSR count). The molecule has 0 atom stereocenters. The molecule has 20 heavy (non-hydrogen) atoms. The molecule has 110 valence electrons. The van der Waals surface area contributed by atoms with Crippen LogP contribution in [0.5, 0.6) is 0 Å². The summed E-state index contributed by atoms with van der Waals surface area (Å²) in [6, 6.07) is 0. The largest absolute Gasteiger partial charge is 0.477 e. The average molecular weight is 281 g/mol. The van der Waals surface area contributed by atoms with Crippen molar-refractivity contribution in [1.29, 1.82) is 0 Å². The maximum absolute atomic E-state index is 11.8. The molecular weight excluding hydrogens is 262 g/mol. The lowest BCUT2D eigenvalue weighted by atomic mass is 9.76. The lowest BCUT2D eigenvalue weighted by Gasteiger charge is -2.40. The molecule has 7 heteroatoms. The molecule has 0 saturated heterocycles. The third-order valence-electron chi connectivity index (χ3n) is 3.43. The van der Waals surface area contributed by atoms with Crippen LogP contribution in [0.4, 0.5) is 0 Å². The molecule has 1 aliphatic rings. The van der Waals surface area contributed by atoms with Crippen molar-refractivity contribution in [3.8, 4) is 0 Å². The predicted molar refractivity (Wildman–Crippen MR) is 70.3 cm³/mol. The van der Waals surface area contributed by atoms with Crippen LogP contribution in [-0.4, -0.2) is 40.2 Å². The lowest BCUT2D eigenvalue weighted by molar-refractivity contribution is -0.129. The number of hydrogen-bond donors (Lipinski definition) is 3. The number of carbonyl (C=O) groups is 2. The van der Waals surface area contributed by atoms with Gasteiger partial charge in [0.2, 0.25) is 5.91 Å². The third kappa shape index (κ3) is 2.98. The summed E-state index contributed by atoms with van der Waals surface area (Å²) in [5.41, 5.74) is -0.539. The highest BCUT2D eigenvalue weighted by Gasteiger charge is 2.42. The van der Waals surface area contributed by atoms with Gasteiger partial charge < -0.3 is 20.1 Å². The molecule has 0 unspecified atom stereocenters. The van der Waals surface area contributed by atoms with Gasteiger partial charge in [0.05, 0.1) is 11.7 Å². The van der Waals surface area contributed by atoms with Gasteiger partial charge in [0.25, 0.3) is 0 Å². The molecular formula is C13H19N3O4. The van der Waals surface area contributed by atoms with Gasteiger partial charge in [-0.2, -0.15) is 0 Å². The number of carbonyl (C=O) groups excluding carboxylic acids is 1. The molecule has 1 aromatic rings. The summed E-state index contributed by atoms with van der Waals surface area (Å²) in [6.45, 7) is 2.54. The van der Waals surface area contributed by atoms with Gasteiger partial charge in [-0.15, -0.1) is 0 Å². The SMILES string of the molecule is CCCOCC(=O)NC1(c2ncc(C(=O)O)[nH]2)CCC1. The Labute approximate surface area is 116 Å². The highest BCUT2D eigenvalue weighted by Crippen LogP contribution is 2.39. The summed E-state index contributed by atoms with van der Waals surface area (Å²) >= 11 is 0. The van der Waals surface area contributed by atoms with E-state index in [4.69, 9.17) is 9.84 Å². The van der Waals surface area contributed by atoms with E-state index in [0.717, 1.165) is 25.7 Å². The van der Waals surface area contributed by atoms with Gasteiger partial charge in [-0.1, -0.05) is 6.92 Å². The second kappa shape index (κ2) is 6.04. The highest BCUT2D eigenvalue weighted by atomic mass is 16.5. The van der Waals surface area contributed by atoms with Gasteiger partial charge in [0.1, 0.15) is 18.1 Å². The number of carboxylic acids is 1. The lowest BCUT2D eigenvalue weighted by Crippen LogP contribution is -2.52. The van der Waals surface area contributed by atoms with Crippen LogP contribution in [0.1, 0.15) is 48.9 Å². The van der Waals surface area contributed by atoms with Crippen LogP contribution >= 0.6 is 0 Å². The van der Waals surface area contributed by atoms with E-state index in [1.807, 2.05) is 6.92 Å². The van der Waals surface area contributed by atoms with Crippen LogP contribution in [0.15, 0.2) is 6.20 Å². The zero-order chi connectivity index (χ0) is 14.6. The first-order valence-corrected chi connectivity index (χ1v) is 6.75. The van der Waals surface area contributed by atoms with Gasteiger partial charge in [0, 0.05) is 6.61 Å². The average Bonchev–Trinajstić information content (AvgIpc) is 2.84. The van der Waals surface area contributed by atoms with Gasteiger partial charge >= 0.3 is 5.97 Å². The van der Waals surface area contributed by atoms with Crippen LogP contribution in [0.3, 0.4) is 0 Å². The van der Waals surface area contributed by atoms with Crippen molar-refractivity contribution < 1.29 is 19.4 Å². The summed E-state index contributed by atoms with van der Waals surface area (Å²) in [5, 5.41) is 11.8. The van der Waals surface area contributed by atoms with Gasteiger partial charge in [-0.05, 0) is 25.7 Å². The van der Waals surface area contributed by atoms with Crippen molar-refractivity contribution in [2.24, 2.45) is 0 Å². The molecule has 0 radical (unpaired) electrons. The second-order valence-corrected chi connectivity index (χ2v) is 4.99. The number of ether oxygens (including phenoxy) is 1. The van der Waals surface area contributed by atoms with E-state index in [9.17, 15) is 9.59 Å². The number of rotatable bonds is 7. The van der Waals surface area contributed by atoms with Crippen molar-refractivity contribution in [2.75, 3.05) is 13.2 Å². The van der Waals surface area contributed by atoms with Gasteiger partial charge in [0.15, 0.2) is 0 Å². The standard InChI is InChI=1S/C13H19N3O4/c1-2-6-20-8-10(17)16-13(4-3-5-13)12-14-7-9(15-12)11(18)19/h7H,2-6,8H2,1H3,(H,14,15)(H,16,17)(H,18,19). The summed E-state index contributed by atoms with van der Waals surface area (Å²) in [4.78, 5) is 29.6. The van der Waals surface area contributed by atoms with E-state index < -0.39 is 11.5 Å². The molecule has 3 N–H and O–H groups in total. The van der Waals surface area contributed by atoms with E-state index in [1.165, 1.54) is 6.20 Å². The third-order valence-corrected chi connectivity index (χ3v) is 3.43. The highest BCUT2D eigenvalue weighted by molar-refractivity contribution is 5.85. The first-order chi connectivity index (χ1) is 9.57. The van der Waals surface area contributed by atoms with E-state index in [2.05, 4.69) is 15.3 Å². The number of amides is 1. The first kappa shape index (κ1) is 14.5. The molecule has 1 aromatic heterocycles. The molecule has 0 bridgehead atoms. The quantitative estimate of drug-likeness (QED) is 0.647. The summed E-state index contributed by atoms with van der Waals surface area (Å²) in [5.74, 6) is -0.757. The fourth-order valence-corrected chi connectivity index (χ4v) is 2.24. The van der Waals surface area contributed by atoms with Crippen LogP contribution < -0.4 is 5.32 Å². The molecule has 1 amide bonds. The van der Waals surface area contributed by atoms with Gasteiger partial charge in [-0.3, -0.25) is 4.79 Å². The van der Waals surface area contributed by atoms with E-state index in [1.54, 1.807) is 0 Å². The number of aromatic carboxylic acids is 1. The minimum Gasteiger partial charge on any atom is -0.477 e. The van der Waals surface area contributed by atoms with Crippen molar-refractivity contribution >= 4 is 11.9 Å². The Morgan fingerprint density at radius 2 is 2.30 bits per heavy atom. The molecule has 0 aromatic carbocycles. The van der Waals surface area contributed by atoms with Gasteiger partial charge in [-0.25, -0.2) is 9.78 Å². The monoisotopic (exact) mass is 281 g/mol. The number of aromatic amines is 1. The van der Waals surface area contributed by atoms with Crippen LogP contribution in [0.25, 0.3) is 0 Å². The number of nitrogens with one attached hydrogen (secondary N) is 2. The zero-order valence-electron chi connectivity index (χ0n) is 11.4. The second-order valence-electron chi connectivity index (χ2n) is 4.99. The fourth-order valence-electron chi connectivity index (χ4n) is 2.24. The number of hydrogen-bond acceptors (Lipinski definition) is 4. The van der Waals surface area contributed by atoms with E-state index in [-0.39, 0.29) is 18.2 Å². The molecule has 1 saturated carbocycles. The van der Waals surface area contributed by atoms with Crippen LogP contribution in [-0.2, 0) is 15.1 Å². The summed E-state index contributed by atoms with van der Waals surface area (Å²) < 4.78 is 5.20. The number of nitrogens with zero attached hydrogens (tertiary/aromatic N) is 1. The molecule has 0 aliphatic heterocycles. The minimum absolute atomic E-state index is 0.0160. The number of imidazole rings is 1. The normalized spacial score (nSPS) is 16.4. The van der Waals surface area contributed by atoms with Crippen LogP contribution in [0, 0.1) is 0 Å². The summed E-state index contributed by atoms with van der Waals surface area (Å²) in [7, 11) is 0. The minimum atomic E-state index is -1.06. The van der Waals surface area contributed by atoms with Crippen molar-refractivity contribution in [1.82, 2.24) is 15.3 Å². The predicted octanol–water partition coefficient (Wildman–Crippen LogP) is 1.03. The molecule has 7 nitrogen and oxygen atoms in total. The summed E-state index contributed by atoms with van der Waals surface area (Å²) in [6.07, 6.45) is 4.60. The van der Waals surface area contributed by atoms with Crippen molar-refractivity contribution in [2.45, 2.75) is 38.1 Å². The Kier molecular flexibility index (Phi) is 4.39. The Morgan fingerprint density at radius 1 is 1.55 bits per heavy atom. The number of H-pyrrole nitrogens is 1. The molecule has 0 spiro atoms. The fraction of sp³-hybridized carbons (Fsp3) is 0.615. The van der Waals surface area contributed by atoms with Crippen molar-refractivity contribution in [3.63, 3.8) is 0 Å². The maximum Gasteiger partial charge on any atom is 0.353 e. The molecule has 1 aliphatic carbocycles. The smallest absolute Gasteiger partial charge is 0.353 e. The Hall–Kier alpha value is -1.89. The Morgan fingerprint density at radius 3 is 2.80 bits per heavy atom.